The molecule has 1 N–H and O–H groups in total. The molecule has 134 valence electrons. The number of hydrogen-bond donors (Lipinski definition) is 1. The van der Waals surface area contributed by atoms with Crippen molar-refractivity contribution in [3.05, 3.63) is 35.1 Å². The second-order valence-corrected chi connectivity index (χ2v) is 6.42. The molecule has 0 radical (unpaired) electrons. The van der Waals surface area contributed by atoms with Crippen molar-refractivity contribution in [3.63, 3.8) is 0 Å². The molecule has 25 heavy (non-hydrogen) atoms. The van der Waals surface area contributed by atoms with Gasteiger partial charge in [0, 0.05) is 24.1 Å². The van der Waals surface area contributed by atoms with Crippen LogP contribution in [0, 0.1) is 13.8 Å². The van der Waals surface area contributed by atoms with Gasteiger partial charge in [-0.3, -0.25) is 9.59 Å². The van der Waals surface area contributed by atoms with Gasteiger partial charge in [-0.1, -0.05) is 12.1 Å². The van der Waals surface area contributed by atoms with Crippen LogP contribution >= 0.6 is 0 Å². The number of nitrogens with one attached hydrogen (secondary N) is 1. The highest BCUT2D eigenvalue weighted by atomic mass is 16.5. The molecule has 1 aliphatic rings. The molecular weight excluding hydrogens is 322 g/mol. The summed E-state index contributed by atoms with van der Waals surface area (Å²) < 4.78 is 16.1. The Kier molecular flexibility index (Phi) is 5.38. The Morgan fingerprint density at radius 2 is 2.16 bits per heavy atom. The van der Waals surface area contributed by atoms with E-state index in [1.54, 1.807) is 6.26 Å². The van der Waals surface area contributed by atoms with Gasteiger partial charge >= 0.3 is 5.97 Å². The lowest BCUT2D eigenvalue weighted by Gasteiger charge is -2.10. The largest absolute Gasteiger partial charge is 0.464 e. The summed E-state index contributed by atoms with van der Waals surface area (Å²) in [4.78, 5) is 23.7. The summed E-state index contributed by atoms with van der Waals surface area (Å²) in [6.07, 6.45) is 3.70. The summed E-state index contributed by atoms with van der Waals surface area (Å²) >= 11 is 0. The topological polar surface area (TPSA) is 77.8 Å². The first-order valence-electron chi connectivity index (χ1n) is 8.55. The number of rotatable bonds is 6. The molecule has 0 aliphatic carbocycles. The van der Waals surface area contributed by atoms with Crippen molar-refractivity contribution in [2.75, 3.05) is 19.8 Å². The predicted octanol–water partition coefficient (Wildman–Crippen LogP) is 2.43. The van der Waals surface area contributed by atoms with E-state index in [1.807, 2.05) is 26.0 Å². The molecule has 1 aromatic heterocycles. The third kappa shape index (κ3) is 4.20. The van der Waals surface area contributed by atoms with Gasteiger partial charge in [0.25, 0.3) is 5.91 Å². The molecule has 1 amide bonds. The summed E-state index contributed by atoms with van der Waals surface area (Å²) in [5.41, 5.74) is 3.75. The smallest absolute Gasteiger partial charge is 0.310 e. The van der Waals surface area contributed by atoms with E-state index < -0.39 is 5.97 Å². The van der Waals surface area contributed by atoms with Crippen LogP contribution in [0.4, 0.5) is 0 Å². The van der Waals surface area contributed by atoms with Gasteiger partial charge in [-0.05, 0) is 37.8 Å². The quantitative estimate of drug-likeness (QED) is 0.814. The number of amides is 1. The molecule has 1 atom stereocenters. The van der Waals surface area contributed by atoms with E-state index >= 15 is 0 Å². The van der Waals surface area contributed by atoms with Crippen LogP contribution in [-0.2, 0) is 25.5 Å². The number of ether oxygens (including phenoxy) is 2. The Labute approximate surface area is 146 Å². The van der Waals surface area contributed by atoms with E-state index in [0.717, 1.165) is 47.1 Å². The van der Waals surface area contributed by atoms with Crippen LogP contribution in [0.15, 0.2) is 22.8 Å². The molecule has 1 saturated heterocycles. The minimum absolute atomic E-state index is 0.0728. The first-order valence-corrected chi connectivity index (χ1v) is 8.55. The van der Waals surface area contributed by atoms with Crippen molar-refractivity contribution in [1.82, 2.24) is 5.32 Å². The lowest BCUT2D eigenvalue weighted by atomic mass is 10.0. The van der Waals surface area contributed by atoms with E-state index in [2.05, 4.69) is 5.32 Å². The SMILES string of the molecule is Cc1ccc2c(CC(=O)OCC(=O)NC[C@H]3CCCO3)coc2c1C. The highest BCUT2D eigenvalue weighted by Crippen LogP contribution is 2.26. The minimum Gasteiger partial charge on any atom is -0.464 e. The number of aryl methyl sites for hydroxylation is 2. The Balaban J connectivity index is 1.49. The van der Waals surface area contributed by atoms with Gasteiger partial charge in [0.1, 0.15) is 5.58 Å². The van der Waals surface area contributed by atoms with Gasteiger partial charge in [0.2, 0.25) is 0 Å². The second-order valence-electron chi connectivity index (χ2n) is 6.42. The summed E-state index contributed by atoms with van der Waals surface area (Å²) in [6, 6.07) is 3.94. The molecule has 0 spiro atoms. The lowest BCUT2D eigenvalue weighted by Crippen LogP contribution is -2.35. The Morgan fingerprint density at radius 1 is 1.32 bits per heavy atom. The van der Waals surface area contributed by atoms with Gasteiger partial charge in [-0.2, -0.15) is 0 Å². The summed E-state index contributed by atoms with van der Waals surface area (Å²) in [5.74, 6) is -0.763. The lowest BCUT2D eigenvalue weighted by molar-refractivity contribution is -0.148. The summed E-state index contributed by atoms with van der Waals surface area (Å²) in [7, 11) is 0. The molecule has 2 aromatic rings. The molecule has 6 heteroatoms. The van der Waals surface area contributed by atoms with Crippen LogP contribution in [0.3, 0.4) is 0 Å². The van der Waals surface area contributed by atoms with Crippen molar-refractivity contribution in [1.29, 1.82) is 0 Å². The van der Waals surface area contributed by atoms with Crippen molar-refractivity contribution < 1.29 is 23.5 Å². The van der Waals surface area contributed by atoms with Crippen LogP contribution in [0.2, 0.25) is 0 Å². The molecule has 0 unspecified atom stereocenters. The van der Waals surface area contributed by atoms with Crippen molar-refractivity contribution in [3.8, 4) is 0 Å². The highest BCUT2D eigenvalue weighted by molar-refractivity contribution is 5.89. The maximum absolute atomic E-state index is 12.0. The number of hydrogen-bond acceptors (Lipinski definition) is 5. The first-order chi connectivity index (χ1) is 12.0. The third-order valence-electron chi connectivity index (χ3n) is 4.59. The van der Waals surface area contributed by atoms with Gasteiger partial charge in [0.15, 0.2) is 6.61 Å². The second kappa shape index (κ2) is 7.70. The van der Waals surface area contributed by atoms with Crippen molar-refractivity contribution in [2.45, 2.75) is 39.2 Å². The molecule has 6 nitrogen and oxygen atoms in total. The fourth-order valence-electron chi connectivity index (χ4n) is 2.96. The monoisotopic (exact) mass is 345 g/mol. The number of furan rings is 1. The van der Waals surface area contributed by atoms with E-state index in [0.29, 0.717) is 6.54 Å². The number of carbonyl (C=O) groups is 2. The average Bonchev–Trinajstić information content (AvgIpc) is 3.25. The van der Waals surface area contributed by atoms with Crippen molar-refractivity contribution >= 4 is 22.8 Å². The molecular formula is C19H23NO5. The van der Waals surface area contributed by atoms with E-state index in [1.165, 1.54) is 0 Å². The van der Waals surface area contributed by atoms with E-state index in [-0.39, 0.29) is 25.0 Å². The highest BCUT2D eigenvalue weighted by Gasteiger charge is 2.17. The average molecular weight is 345 g/mol. The Bertz CT molecular complexity index is 773. The zero-order valence-electron chi connectivity index (χ0n) is 14.6. The molecule has 0 bridgehead atoms. The van der Waals surface area contributed by atoms with Crippen LogP contribution in [0.5, 0.6) is 0 Å². The first kappa shape index (κ1) is 17.5. The van der Waals surface area contributed by atoms with Crippen LogP contribution in [-0.4, -0.2) is 37.7 Å². The normalized spacial score (nSPS) is 17.0. The standard InChI is InChI=1S/C19H23NO5/c1-12-5-6-16-14(10-25-19(16)13(12)2)8-18(22)24-11-17(21)20-9-15-4-3-7-23-15/h5-6,10,15H,3-4,7-9,11H2,1-2H3,(H,20,21)/t15-/m1/s1. The minimum atomic E-state index is -0.451. The van der Waals surface area contributed by atoms with Crippen LogP contribution in [0.25, 0.3) is 11.0 Å². The van der Waals surface area contributed by atoms with E-state index in [9.17, 15) is 9.59 Å². The number of benzene rings is 1. The molecule has 1 aliphatic heterocycles. The van der Waals surface area contributed by atoms with Crippen LogP contribution < -0.4 is 5.32 Å². The Morgan fingerprint density at radius 3 is 2.92 bits per heavy atom. The molecule has 3 rings (SSSR count). The Hall–Kier alpha value is -2.34. The van der Waals surface area contributed by atoms with E-state index in [4.69, 9.17) is 13.9 Å². The molecule has 1 fully saturated rings. The van der Waals surface area contributed by atoms with Gasteiger partial charge in [0.05, 0.1) is 18.8 Å². The molecule has 2 heterocycles. The van der Waals surface area contributed by atoms with Gasteiger partial charge in [-0.15, -0.1) is 0 Å². The number of fused-ring (bicyclic) bond motifs is 1. The van der Waals surface area contributed by atoms with Crippen LogP contribution in [0.1, 0.15) is 29.5 Å². The maximum Gasteiger partial charge on any atom is 0.310 e. The predicted molar refractivity (Wildman–Crippen MR) is 92.3 cm³/mol. The summed E-state index contributed by atoms with van der Waals surface area (Å²) in [5, 5.41) is 3.63. The number of carbonyl (C=O) groups excluding carboxylic acids is 2. The molecule has 1 aromatic carbocycles. The fourth-order valence-corrected chi connectivity index (χ4v) is 2.96. The number of esters is 1. The summed E-state index contributed by atoms with van der Waals surface area (Å²) in [6.45, 7) is 4.93. The third-order valence-corrected chi connectivity index (χ3v) is 4.59. The van der Waals surface area contributed by atoms with Gasteiger partial charge in [-0.25, -0.2) is 0 Å². The van der Waals surface area contributed by atoms with Gasteiger partial charge < -0.3 is 19.2 Å². The zero-order chi connectivity index (χ0) is 17.8. The fraction of sp³-hybridized carbons (Fsp3) is 0.474. The van der Waals surface area contributed by atoms with Crippen molar-refractivity contribution in [2.24, 2.45) is 0 Å². The maximum atomic E-state index is 12.0. The zero-order valence-corrected chi connectivity index (χ0v) is 14.6. The molecule has 0 saturated carbocycles.